The molecule has 0 unspecified atom stereocenters. The van der Waals surface area contributed by atoms with E-state index in [0.717, 1.165) is 19.3 Å². The highest BCUT2D eigenvalue weighted by molar-refractivity contribution is 6.42. The SMILES string of the molecule is CC=Cc1oc(CO)cc(=O)c1OCCCCCOc1ccc(Cl)c(Cl)c1. The Morgan fingerprint density at radius 1 is 1.07 bits per heavy atom. The Labute approximate surface area is 168 Å². The maximum Gasteiger partial charge on any atom is 0.227 e. The highest BCUT2D eigenvalue weighted by Gasteiger charge is 2.11. The molecule has 1 N–H and O–H groups in total. The molecule has 0 amide bonds. The van der Waals surface area contributed by atoms with Gasteiger partial charge in [-0.2, -0.15) is 0 Å². The molecule has 0 atom stereocenters. The van der Waals surface area contributed by atoms with Crippen molar-refractivity contribution in [1.82, 2.24) is 0 Å². The number of benzene rings is 1. The lowest BCUT2D eigenvalue weighted by Gasteiger charge is -2.09. The van der Waals surface area contributed by atoms with Crippen LogP contribution in [0, 0.1) is 0 Å². The summed E-state index contributed by atoms with van der Waals surface area (Å²) in [5.41, 5.74) is -0.304. The molecule has 2 aromatic rings. The van der Waals surface area contributed by atoms with Crippen molar-refractivity contribution >= 4 is 29.3 Å². The molecule has 0 aliphatic rings. The van der Waals surface area contributed by atoms with Crippen LogP contribution in [-0.2, 0) is 6.61 Å². The minimum Gasteiger partial charge on any atom is -0.494 e. The van der Waals surface area contributed by atoms with Crippen molar-refractivity contribution in [2.24, 2.45) is 0 Å². The fraction of sp³-hybridized carbons (Fsp3) is 0.350. The van der Waals surface area contributed by atoms with Crippen LogP contribution >= 0.6 is 23.2 Å². The Kier molecular flexibility index (Phi) is 8.72. The molecule has 0 bridgehead atoms. The Morgan fingerprint density at radius 2 is 1.81 bits per heavy atom. The van der Waals surface area contributed by atoms with E-state index in [1.807, 2.05) is 6.92 Å². The van der Waals surface area contributed by atoms with Gasteiger partial charge in [0.15, 0.2) is 5.76 Å². The van der Waals surface area contributed by atoms with Crippen LogP contribution in [0.1, 0.15) is 37.7 Å². The third-order valence-electron chi connectivity index (χ3n) is 3.65. The third-order valence-corrected chi connectivity index (χ3v) is 4.39. The molecule has 2 rings (SSSR count). The topological polar surface area (TPSA) is 68.9 Å². The predicted octanol–water partition coefficient (Wildman–Crippen LogP) is 5.10. The lowest BCUT2D eigenvalue weighted by atomic mass is 10.2. The van der Waals surface area contributed by atoms with E-state index in [9.17, 15) is 4.79 Å². The summed E-state index contributed by atoms with van der Waals surface area (Å²) >= 11 is 11.8. The van der Waals surface area contributed by atoms with Gasteiger partial charge >= 0.3 is 0 Å². The Morgan fingerprint density at radius 3 is 2.48 bits per heavy atom. The summed E-state index contributed by atoms with van der Waals surface area (Å²) in [6.07, 6.45) is 5.86. The van der Waals surface area contributed by atoms with Crippen LogP contribution in [-0.4, -0.2) is 18.3 Å². The number of aliphatic hydroxyl groups excluding tert-OH is 1. The lowest BCUT2D eigenvalue weighted by Crippen LogP contribution is -2.11. The van der Waals surface area contributed by atoms with E-state index < -0.39 is 0 Å². The Balaban J connectivity index is 1.75. The number of halogens is 2. The Hall–Kier alpha value is -1.95. The van der Waals surface area contributed by atoms with E-state index in [1.165, 1.54) is 6.07 Å². The molecular weight excluding hydrogens is 391 g/mol. The zero-order valence-electron chi connectivity index (χ0n) is 15.0. The van der Waals surface area contributed by atoms with Crippen molar-refractivity contribution in [3.8, 4) is 11.5 Å². The summed E-state index contributed by atoms with van der Waals surface area (Å²) in [6.45, 7) is 2.41. The van der Waals surface area contributed by atoms with Crippen molar-refractivity contribution in [2.75, 3.05) is 13.2 Å². The van der Waals surface area contributed by atoms with Gasteiger partial charge in [-0.25, -0.2) is 0 Å². The second-order valence-electron chi connectivity index (χ2n) is 5.76. The first-order valence-corrected chi connectivity index (χ1v) is 9.42. The van der Waals surface area contributed by atoms with Gasteiger partial charge in [-0.1, -0.05) is 29.3 Å². The molecular formula is C20H22Cl2O5. The summed E-state index contributed by atoms with van der Waals surface area (Å²) in [6, 6.07) is 6.40. The molecule has 0 spiro atoms. The van der Waals surface area contributed by atoms with Crippen LogP contribution in [0.15, 0.2) is 39.6 Å². The summed E-state index contributed by atoms with van der Waals surface area (Å²) in [5.74, 6) is 1.37. The summed E-state index contributed by atoms with van der Waals surface area (Å²) in [4.78, 5) is 12.1. The number of hydrogen-bond donors (Lipinski definition) is 1. The van der Waals surface area contributed by atoms with E-state index in [2.05, 4.69) is 0 Å². The third kappa shape index (κ3) is 6.61. The van der Waals surface area contributed by atoms with Crippen LogP contribution in [0.25, 0.3) is 6.08 Å². The lowest BCUT2D eigenvalue weighted by molar-refractivity contribution is 0.234. The molecule has 5 nitrogen and oxygen atoms in total. The zero-order valence-corrected chi connectivity index (χ0v) is 16.6. The number of allylic oxidation sites excluding steroid dienone is 1. The van der Waals surface area contributed by atoms with Gasteiger partial charge in [0.1, 0.15) is 18.1 Å². The van der Waals surface area contributed by atoms with Gasteiger partial charge < -0.3 is 19.0 Å². The van der Waals surface area contributed by atoms with E-state index in [1.54, 1.807) is 30.4 Å². The van der Waals surface area contributed by atoms with Crippen LogP contribution in [0.3, 0.4) is 0 Å². The summed E-state index contributed by atoms with van der Waals surface area (Å²) in [5, 5.41) is 10.1. The summed E-state index contributed by atoms with van der Waals surface area (Å²) < 4.78 is 16.7. The van der Waals surface area contributed by atoms with E-state index in [-0.39, 0.29) is 23.5 Å². The second kappa shape index (κ2) is 11.0. The molecule has 0 aliphatic carbocycles. The summed E-state index contributed by atoms with van der Waals surface area (Å²) in [7, 11) is 0. The van der Waals surface area contributed by atoms with Gasteiger partial charge in [0.25, 0.3) is 0 Å². The van der Waals surface area contributed by atoms with Gasteiger partial charge in [-0.05, 0) is 44.4 Å². The molecule has 146 valence electrons. The molecule has 7 heteroatoms. The van der Waals surface area contributed by atoms with Crippen molar-refractivity contribution in [2.45, 2.75) is 32.8 Å². The molecule has 0 aliphatic heterocycles. The van der Waals surface area contributed by atoms with Crippen LogP contribution in [0.4, 0.5) is 0 Å². The van der Waals surface area contributed by atoms with Crippen molar-refractivity contribution < 1.29 is 19.0 Å². The van der Waals surface area contributed by atoms with Crippen molar-refractivity contribution in [3.63, 3.8) is 0 Å². The molecule has 1 heterocycles. The molecule has 0 saturated carbocycles. The second-order valence-corrected chi connectivity index (χ2v) is 6.58. The minimum atomic E-state index is -0.334. The molecule has 1 aromatic heterocycles. The first kappa shape index (κ1) is 21.4. The number of hydrogen-bond acceptors (Lipinski definition) is 5. The molecule has 0 saturated heterocycles. The molecule has 0 radical (unpaired) electrons. The number of ether oxygens (including phenoxy) is 2. The first-order valence-electron chi connectivity index (χ1n) is 8.66. The number of rotatable bonds is 10. The van der Waals surface area contributed by atoms with Gasteiger partial charge in [0.2, 0.25) is 11.2 Å². The molecule has 1 aromatic carbocycles. The molecule has 0 fully saturated rings. The maximum atomic E-state index is 12.1. The monoisotopic (exact) mass is 412 g/mol. The van der Waals surface area contributed by atoms with E-state index in [0.29, 0.717) is 34.8 Å². The molecule has 27 heavy (non-hydrogen) atoms. The number of unbranched alkanes of at least 4 members (excludes halogenated alkanes) is 2. The van der Waals surface area contributed by atoms with Crippen molar-refractivity contribution in [3.05, 3.63) is 62.1 Å². The smallest absolute Gasteiger partial charge is 0.227 e. The van der Waals surface area contributed by atoms with E-state index in [4.69, 9.17) is 42.2 Å². The number of aliphatic hydroxyl groups is 1. The quantitative estimate of drug-likeness (QED) is 0.549. The fourth-order valence-corrected chi connectivity index (χ4v) is 2.63. The van der Waals surface area contributed by atoms with Crippen LogP contribution in [0.2, 0.25) is 10.0 Å². The predicted molar refractivity (Wildman–Crippen MR) is 107 cm³/mol. The largest absolute Gasteiger partial charge is 0.494 e. The minimum absolute atomic E-state index is 0.164. The highest BCUT2D eigenvalue weighted by atomic mass is 35.5. The average molecular weight is 413 g/mol. The van der Waals surface area contributed by atoms with Gasteiger partial charge in [-0.15, -0.1) is 0 Å². The standard InChI is InChI=1S/C20H22Cl2O5/c1-2-6-19-20(18(24)12-15(13-23)27-19)26-10-5-3-4-9-25-14-7-8-16(21)17(22)11-14/h2,6-8,11-12,23H,3-5,9-10,13H2,1H3. The van der Waals surface area contributed by atoms with Crippen LogP contribution < -0.4 is 14.9 Å². The Bertz CT molecular complexity index is 830. The van der Waals surface area contributed by atoms with Gasteiger partial charge in [0, 0.05) is 12.1 Å². The van der Waals surface area contributed by atoms with E-state index >= 15 is 0 Å². The zero-order chi connectivity index (χ0) is 19.6. The highest BCUT2D eigenvalue weighted by Crippen LogP contribution is 2.26. The van der Waals surface area contributed by atoms with Gasteiger partial charge in [0.05, 0.1) is 23.3 Å². The van der Waals surface area contributed by atoms with Gasteiger partial charge in [-0.3, -0.25) is 4.79 Å². The first-order chi connectivity index (χ1) is 13.0. The van der Waals surface area contributed by atoms with Crippen LogP contribution in [0.5, 0.6) is 11.5 Å². The fourth-order valence-electron chi connectivity index (χ4n) is 2.34. The average Bonchev–Trinajstić information content (AvgIpc) is 2.65. The van der Waals surface area contributed by atoms with Crippen molar-refractivity contribution in [1.29, 1.82) is 0 Å². The normalized spacial score (nSPS) is 11.1. The maximum absolute atomic E-state index is 12.1.